The van der Waals surface area contributed by atoms with Crippen LogP contribution in [0.4, 0.5) is 4.79 Å². The Kier molecular flexibility index (Phi) is 5.68. The van der Waals surface area contributed by atoms with Gasteiger partial charge in [0.25, 0.3) is 0 Å². The number of carboxylic acid groups (broad SMARTS) is 1. The second kappa shape index (κ2) is 7.03. The third-order valence-electron chi connectivity index (χ3n) is 2.55. The zero-order chi connectivity index (χ0) is 14.4. The minimum Gasteiger partial charge on any atom is -0.479 e. The number of aliphatic carboxylic acids is 1. The number of urea groups is 1. The molecule has 1 unspecified atom stereocenters. The SMILES string of the molecule is CSCCN(C)C(=O)NC(C(=O)O)c1cnn(C)c1. The van der Waals surface area contributed by atoms with Gasteiger partial charge in [0, 0.05) is 38.2 Å². The van der Waals surface area contributed by atoms with Crippen LogP contribution in [-0.4, -0.2) is 57.4 Å². The Hall–Kier alpha value is -1.70. The molecule has 1 rings (SSSR count). The monoisotopic (exact) mass is 286 g/mol. The molecule has 0 spiro atoms. The Morgan fingerprint density at radius 1 is 1.63 bits per heavy atom. The molecule has 2 amide bonds. The van der Waals surface area contributed by atoms with Crippen molar-refractivity contribution in [2.24, 2.45) is 7.05 Å². The van der Waals surface area contributed by atoms with Crippen LogP contribution in [0.1, 0.15) is 11.6 Å². The summed E-state index contributed by atoms with van der Waals surface area (Å²) in [6.45, 7) is 0.562. The number of carboxylic acids is 1. The number of carbonyl (C=O) groups is 2. The van der Waals surface area contributed by atoms with Crippen LogP contribution < -0.4 is 5.32 Å². The van der Waals surface area contributed by atoms with E-state index in [9.17, 15) is 9.59 Å². The predicted molar refractivity (Wildman–Crippen MR) is 73.1 cm³/mol. The van der Waals surface area contributed by atoms with Crippen molar-refractivity contribution < 1.29 is 14.7 Å². The molecular weight excluding hydrogens is 268 g/mol. The quantitative estimate of drug-likeness (QED) is 0.797. The molecule has 0 aliphatic heterocycles. The summed E-state index contributed by atoms with van der Waals surface area (Å²) < 4.78 is 1.49. The summed E-state index contributed by atoms with van der Waals surface area (Å²) in [6, 6.07) is -1.50. The van der Waals surface area contributed by atoms with Gasteiger partial charge in [0.2, 0.25) is 0 Å². The molecule has 0 bridgehead atoms. The van der Waals surface area contributed by atoms with Crippen molar-refractivity contribution in [1.29, 1.82) is 0 Å². The number of hydrogen-bond donors (Lipinski definition) is 2. The fourth-order valence-electron chi connectivity index (χ4n) is 1.44. The van der Waals surface area contributed by atoms with Gasteiger partial charge in [-0.1, -0.05) is 0 Å². The molecule has 0 fully saturated rings. The van der Waals surface area contributed by atoms with Gasteiger partial charge in [0.05, 0.1) is 6.20 Å². The van der Waals surface area contributed by atoms with Crippen molar-refractivity contribution >= 4 is 23.8 Å². The normalized spacial score (nSPS) is 11.9. The van der Waals surface area contributed by atoms with E-state index in [1.54, 1.807) is 32.1 Å². The molecule has 0 aromatic carbocycles. The van der Waals surface area contributed by atoms with Crippen molar-refractivity contribution in [3.63, 3.8) is 0 Å². The lowest BCUT2D eigenvalue weighted by Gasteiger charge is -2.20. The summed E-state index contributed by atoms with van der Waals surface area (Å²) in [5, 5.41) is 15.6. The molecule has 1 heterocycles. The fourth-order valence-corrected chi connectivity index (χ4v) is 1.90. The van der Waals surface area contributed by atoms with Gasteiger partial charge in [-0.3, -0.25) is 4.68 Å². The highest BCUT2D eigenvalue weighted by Crippen LogP contribution is 2.12. The van der Waals surface area contributed by atoms with Gasteiger partial charge >= 0.3 is 12.0 Å². The van der Waals surface area contributed by atoms with Gasteiger partial charge in [-0.05, 0) is 6.26 Å². The second-order valence-electron chi connectivity index (χ2n) is 4.08. The lowest BCUT2D eigenvalue weighted by Crippen LogP contribution is -2.42. The number of aromatic nitrogens is 2. The zero-order valence-electron chi connectivity index (χ0n) is 11.2. The number of carbonyl (C=O) groups excluding carboxylic acids is 1. The van der Waals surface area contributed by atoms with E-state index in [2.05, 4.69) is 10.4 Å². The lowest BCUT2D eigenvalue weighted by molar-refractivity contribution is -0.139. The van der Waals surface area contributed by atoms with Gasteiger partial charge in [-0.2, -0.15) is 16.9 Å². The standard InChI is InChI=1S/C11H18N4O3S/c1-14(4-5-19-3)11(18)13-9(10(16)17)8-6-12-15(2)7-8/h6-7,9H,4-5H2,1-3H3,(H,13,18)(H,16,17). The van der Waals surface area contributed by atoms with E-state index in [0.29, 0.717) is 12.1 Å². The van der Waals surface area contributed by atoms with Crippen molar-refractivity contribution in [2.75, 3.05) is 25.6 Å². The molecule has 2 N–H and O–H groups in total. The fraction of sp³-hybridized carbons (Fsp3) is 0.545. The molecule has 106 valence electrons. The molecule has 8 heteroatoms. The highest BCUT2D eigenvalue weighted by atomic mass is 32.2. The third-order valence-corrected chi connectivity index (χ3v) is 3.14. The van der Waals surface area contributed by atoms with Crippen LogP contribution in [0, 0.1) is 0 Å². The smallest absolute Gasteiger partial charge is 0.331 e. The van der Waals surface area contributed by atoms with Crippen molar-refractivity contribution in [1.82, 2.24) is 20.0 Å². The number of amides is 2. The Morgan fingerprint density at radius 3 is 2.79 bits per heavy atom. The number of nitrogens with zero attached hydrogens (tertiary/aromatic N) is 3. The summed E-state index contributed by atoms with van der Waals surface area (Å²) in [4.78, 5) is 24.5. The summed E-state index contributed by atoms with van der Waals surface area (Å²) >= 11 is 1.62. The van der Waals surface area contributed by atoms with E-state index in [4.69, 9.17) is 5.11 Å². The van der Waals surface area contributed by atoms with Crippen LogP contribution in [-0.2, 0) is 11.8 Å². The Bertz CT molecular complexity index is 449. The minimum absolute atomic E-state index is 0.412. The van der Waals surface area contributed by atoms with E-state index in [1.165, 1.54) is 15.8 Å². The molecular formula is C11H18N4O3S. The third kappa shape index (κ3) is 4.47. The van der Waals surface area contributed by atoms with Gasteiger partial charge in [-0.15, -0.1) is 0 Å². The molecule has 19 heavy (non-hydrogen) atoms. The van der Waals surface area contributed by atoms with Crippen LogP contribution in [0.3, 0.4) is 0 Å². The largest absolute Gasteiger partial charge is 0.479 e. The molecule has 0 saturated heterocycles. The van der Waals surface area contributed by atoms with E-state index in [1.807, 2.05) is 6.26 Å². The molecule has 0 aliphatic carbocycles. The van der Waals surface area contributed by atoms with Crippen molar-refractivity contribution in [2.45, 2.75) is 6.04 Å². The Morgan fingerprint density at radius 2 is 2.32 bits per heavy atom. The Labute approximate surface area is 116 Å². The van der Waals surface area contributed by atoms with Gasteiger partial charge in [0.1, 0.15) is 0 Å². The van der Waals surface area contributed by atoms with Gasteiger partial charge in [-0.25, -0.2) is 9.59 Å². The maximum absolute atomic E-state index is 11.9. The average molecular weight is 286 g/mol. The van der Waals surface area contributed by atoms with Gasteiger partial charge in [0.15, 0.2) is 6.04 Å². The van der Waals surface area contributed by atoms with Gasteiger partial charge < -0.3 is 15.3 Å². The predicted octanol–water partition coefficient (Wildman–Crippen LogP) is 0.550. The number of rotatable bonds is 6. The number of nitrogens with one attached hydrogen (secondary N) is 1. The first-order chi connectivity index (χ1) is 8.95. The van der Waals surface area contributed by atoms with Crippen LogP contribution in [0.15, 0.2) is 12.4 Å². The van der Waals surface area contributed by atoms with Crippen LogP contribution >= 0.6 is 11.8 Å². The van der Waals surface area contributed by atoms with Crippen LogP contribution in [0.25, 0.3) is 0 Å². The second-order valence-corrected chi connectivity index (χ2v) is 5.07. The summed E-state index contributed by atoms with van der Waals surface area (Å²) in [6.07, 6.45) is 4.95. The lowest BCUT2D eigenvalue weighted by atomic mass is 10.1. The molecule has 7 nitrogen and oxygen atoms in total. The first-order valence-electron chi connectivity index (χ1n) is 5.67. The summed E-state index contributed by atoms with van der Waals surface area (Å²) in [7, 11) is 3.32. The highest BCUT2D eigenvalue weighted by molar-refractivity contribution is 7.98. The Balaban J connectivity index is 2.69. The summed E-state index contributed by atoms with van der Waals surface area (Å²) in [5.41, 5.74) is 0.446. The zero-order valence-corrected chi connectivity index (χ0v) is 12.0. The molecule has 0 aliphatic rings. The minimum atomic E-state index is -1.11. The van der Waals surface area contributed by atoms with E-state index in [0.717, 1.165) is 5.75 Å². The summed E-state index contributed by atoms with van der Waals surface area (Å²) in [5.74, 6) is -0.311. The number of hydrogen-bond acceptors (Lipinski definition) is 4. The van der Waals surface area contributed by atoms with Crippen molar-refractivity contribution in [3.8, 4) is 0 Å². The molecule has 0 radical (unpaired) electrons. The maximum atomic E-state index is 11.9. The van der Waals surface area contributed by atoms with Crippen LogP contribution in [0.2, 0.25) is 0 Å². The van der Waals surface area contributed by atoms with E-state index in [-0.39, 0.29) is 0 Å². The highest BCUT2D eigenvalue weighted by Gasteiger charge is 2.24. The number of thioether (sulfide) groups is 1. The molecule has 1 atom stereocenters. The average Bonchev–Trinajstić information content (AvgIpc) is 2.78. The molecule has 0 saturated carbocycles. The van der Waals surface area contributed by atoms with Crippen LogP contribution in [0.5, 0.6) is 0 Å². The first kappa shape index (κ1) is 15.4. The molecule has 1 aromatic heterocycles. The topological polar surface area (TPSA) is 87.5 Å². The van der Waals surface area contributed by atoms with E-state index >= 15 is 0 Å². The number of aryl methyl sites for hydroxylation is 1. The maximum Gasteiger partial charge on any atom is 0.331 e. The first-order valence-corrected chi connectivity index (χ1v) is 7.07. The molecule has 1 aromatic rings. The van der Waals surface area contributed by atoms with Crippen molar-refractivity contribution in [3.05, 3.63) is 18.0 Å². The van der Waals surface area contributed by atoms with E-state index < -0.39 is 18.0 Å².